The zero-order valence-electron chi connectivity index (χ0n) is 10.8. The Morgan fingerprint density at radius 3 is 2.50 bits per heavy atom. The summed E-state index contributed by atoms with van der Waals surface area (Å²) in [6, 6.07) is 12.3. The van der Waals surface area contributed by atoms with Crippen molar-refractivity contribution in [2.45, 2.75) is 6.42 Å². The maximum atomic E-state index is 8.87. The van der Waals surface area contributed by atoms with Crippen LogP contribution in [-0.2, 0) is 6.42 Å². The van der Waals surface area contributed by atoms with Gasteiger partial charge in [-0.25, -0.2) is 0 Å². The molecule has 0 fully saturated rings. The quantitative estimate of drug-likeness (QED) is 0.585. The fourth-order valence-electron chi connectivity index (χ4n) is 1.78. The summed E-state index contributed by atoms with van der Waals surface area (Å²) < 4.78 is 5.72. The molecule has 104 valence electrons. The number of amidine groups is 1. The third-order valence-corrected chi connectivity index (χ3v) is 3.02. The van der Waals surface area contributed by atoms with E-state index in [4.69, 9.17) is 32.6 Å². The Morgan fingerprint density at radius 2 is 1.90 bits per heavy atom. The average molecular weight is 291 g/mol. The standard InChI is InChI=1S/C15H15ClN2O2/c16-11-3-6-14(13(9-11)15(17)18)20-12-4-1-10(2-5-12)7-8-19/h1-6,9,19H,7-8H2,(H3,17,18). The van der Waals surface area contributed by atoms with Gasteiger partial charge in [0, 0.05) is 11.6 Å². The maximum Gasteiger partial charge on any atom is 0.138 e. The van der Waals surface area contributed by atoms with Crippen LogP contribution < -0.4 is 10.5 Å². The van der Waals surface area contributed by atoms with Gasteiger partial charge in [0.2, 0.25) is 0 Å². The molecule has 0 amide bonds. The minimum Gasteiger partial charge on any atom is -0.457 e. The maximum absolute atomic E-state index is 8.87. The molecule has 0 radical (unpaired) electrons. The van der Waals surface area contributed by atoms with Crippen molar-refractivity contribution in [3.05, 3.63) is 58.6 Å². The first-order valence-corrected chi connectivity index (χ1v) is 6.49. The van der Waals surface area contributed by atoms with Crippen LogP contribution in [0.25, 0.3) is 0 Å². The minimum atomic E-state index is -0.0978. The predicted molar refractivity (Wildman–Crippen MR) is 79.8 cm³/mol. The molecule has 0 spiro atoms. The number of aliphatic hydroxyl groups excluding tert-OH is 1. The number of halogens is 1. The van der Waals surface area contributed by atoms with Crippen LogP contribution in [0, 0.1) is 5.41 Å². The van der Waals surface area contributed by atoms with Gasteiger partial charge < -0.3 is 15.6 Å². The number of nitrogen functional groups attached to an aromatic ring is 1. The molecule has 0 aromatic heterocycles. The van der Waals surface area contributed by atoms with Crippen LogP contribution in [0.5, 0.6) is 11.5 Å². The highest BCUT2D eigenvalue weighted by atomic mass is 35.5. The van der Waals surface area contributed by atoms with Crippen LogP contribution in [0.3, 0.4) is 0 Å². The molecule has 2 aromatic rings. The first kappa shape index (κ1) is 14.4. The van der Waals surface area contributed by atoms with Gasteiger partial charge in [-0.05, 0) is 42.3 Å². The third-order valence-electron chi connectivity index (χ3n) is 2.78. The smallest absolute Gasteiger partial charge is 0.138 e. The Labute approximate surface area is 122 Å². The van der Waals surface area contributed by atoms with E-state index in [1.54, 1.807) is 18.2 Å². The van der Waals surface area contributed by atoms with Crippen LogP contribution >= 0.6 is 11.6 Å². The number of benzene rings is 2. The Hall–Kier alpha value is -2.04. The average Bonchev–Trinajstić information content (AvgIpc) is 2.43. The summed E-state index contributed by atoms with van der Waals surface area (Å²) in [4.78, 5) is 0. The normalized spacial score (nSPS) is 10.3. The van der Waals surface area contributed by atoms with Crippen LogP contribution in [0.15, 0.2) is 42.5 Å². The summed E-state index contributed by atoms with van der Waals surface area (Å²) >= 11 is 5.89. The van der Waals surface area contributed by atoms with E-state index in [1.807, 2.05) is 24.3 Å². The molecule has 4 N–H and O–H groups in total. The number of ether oxygens (including phenoxy) is 1. The lowest BCUT2D eigenvalue weighted by molar-refractivity contribution is 0.299. The molecule has 0 aliphatic rings. The number of aliphatic hydroxyl groups is 1. The summed E-state index contributed by atoms with van der Waals surface area (Å²) in [5, 5.41) is 16.9. The molecule has 0 unspecified atom stereocenters. The van der Waals surface area contributed by atoms with Crippen molar-refractivity contribution in [2.75, 3.05) is 6.61 Å². The van der Waals surface area contributed by atoms with Gasteiger partial charge in [0.15, 0.2) is 0 Å². The van der Waals surface area contributed by atoms with E-state index in [2.05, 4.69) is 0 Å². The van der Waals surface area contributed by atoms with Gasteiger partial charge in [-0.3, -0.25) is 5.41 Å². The van der Waals surface area contributed by atoms with E-state index < -0.39 is 0 Å². The fourth-order valence-corrected chi connectivity index (χ4v) is 1.95. The zero-order valence-corrected chi connectivity index (χ0v) is 11.5. The molecule has 4 nitrogen and oxygen atoms in total. The van der Waals surface area contributed by atoms with Crippen molar-refractivity contribution in [1.29, 1.82) is 5.41 Å². The highest BCUT2D eigenvalue weighted by molar-refractivity contribution is 6.31. The van der Waals surface area contributed by atoms with E-state index in [-0.39, 0.29) is 12.4 Å². The molecule has 0 aliphatic heterocycles. The van der Waals surface area contributed by atoms with Crippen LogP contribution in [0.2, 0.25) is 5.02 Å². The Kier molecular flexibility index (Phi) is 4.61. The highest BCUT2D eigenvalue weighted by Crippen LogP contribution is 2.27. The van der Waals surface area contributed by atoms with Gasteiger partial charge in [0.25, 0.3) is 0 Å². The number of rotatable bonds is 5. The van der Waals surface area contributed by atoms with E-state index in [1.165, 1.54) is 0 Å². The summed E-state index contributed by atoms with van der Waals surface area (Å²) in [5.41, 5.74) is 7.00. The molecule has 5 heteroatoms. The SMILES string of the molecule is N=C(N)c1cc(Cl)ccc1Oc1ccc(CCO)cc1. The van der Waals surface area contributed by atoms with Gasteiger partial charge in [0.1, 0.15) is 17.3 Å². The molecule has 0 aliphatic carbocycles. The Bertz CT molecular complexity index is 612. The topological polar surface area (TPSA) is 79.3 Å². The molecule has 2 aromatic carbocycles. The molecule has 0 heterocycles. The van der Waals surface area contributed by atoms with Gasteiger partial charge in [-0.15, -0.1) is 0 Å². The number of hydrogen-bond acceptors (Lipinski definition) is 3. The number of nitrogens with one attached hydrogen (secondary N) is 1. The van der Waals surface area contributed by atoms with Crippen LogP contribution in [-0.4, -0.2) is 17.5 Å². The lowest BCUT2D eigenvalue weighted by Gasteiger charge is -2.11. The van der Waals surface area contributed by atoms with Crippen LogP contribution in [0.1, 0.15) is 11.1 Å². The van der Waals surface area contributed by atoms with Crippen molar-refractivity contribution in [3.63, 3.8) is 0 Å². The van der Waals surface area contributed by atoms with Crippen molar-refractivity contribution in [1.82, 2.24) is 0 Å². The second kappa shape index (κ2) is 6.41. The summed E-state index contributed by atoms with van der Waals surface area (Å²) in [6.45, 7) is 0.117. The minimum absolute atomic E-state index is 0.0978. The van der Waals surface area contributed by atoms with E-state index in [0.29, 0.717) is 28.5 Å². The number of nitrogens with two attached hydrogens (primary N) is 1. The van der Waals surface area contributed by atoms with Gasteiger partial charge >= 0.3 is 0 Å². The highest BCUT2D eigenvalue weighted by Gasteiger charge is 2.08. The second-order valence-electron chi connectivity index (χ2n) is 4.27. The monoisotopic (exact) mass is 290 g/mol. The summed E-state index contributed by atoms with van der Waals surface area (Å²) in [7, 11) is 0. The third kappa shape index (κ3) is 3.50. The Morgan fingerprint density at radius 1 is 1.20 bits per heavy atom. The molecule has 20 heavy (non-hydrogen) atoms. The van der Waals surface area contributed by atoms with E-state index >= 15 is 0 Å². The van der Waals surface area contributed by atoms with Crippen LogP contribution in [0.4, 0.5) is 0 Å². The lowest BCUT2D eigenvalue weighted by Crippen LogP contribution is -2.12. The molecule has 0 bridgehead atoms. The second-order valence-corrected chi connectivity index (χ2v) is 4.71. The van der Waals surface area contributed by atoms with Gasteiger partial charge in [-0.2, -0.15) is 0 Å². The van der Waals surface area contributed by atoms with Gasteiger partial charge in [-0.1, -0.05) is 23.7 Å². The summed E-state index contributed by atoms with van der Waals surface area (Å²) in [6.07, 6.45) is 0.611. The van der Waals surface area contributed by atoms with Crippen molar-refractivity contribution in [2.24, 2.45) is 5.73 Å². The predicted octanol–water partition coefficient (Wildman–Crippen LogP) is 2.95. The molecule has 2 rings (SSSR count). The fraction of sp³-hybridized carbons (Fsp3) is 0.133. The molecule has 0 atom stereocenters. The molecule has 0 saturated carbocycles. The van der Waals surface area contributed by atoms with Gasteiger partial charge in [0.05, 0.1) is 5.56 Å². The molecular weight excluding hydrogens is 276 g/mol. The molecular formula is C15H15ClN2O2. The first-order valence-electron chi connectivity index (χ1n) is 6.12. The first-order chi connectivity index (χ1) is 9.60. The largest absolute Gasteiger partial charge is 0.457 e. The zero-order chi connectivity index (χ0) is 14.5. The Balaban J connectivity index is 2.23. The lowest BCUT2D eigenvalue weighted by atomic mass is 10.1. The number of hydrogen-bond donors (Lipinski definition) is 3. The summed E-state index contributed by atoms with van der Waals surface area (Å²) in [5.74, 6) is 1.02. The van der Waals surface area contributed by atoms with Crippen molar-refractivity contribution >= 4 is 17.4 Å². The van der Waals surface area contributed by atoms with E-state index in [0.717, 1.165) is 5.56 Å². The van der Waals surface area contributed by atoms with E-state index in [9.17, 15) is 0 Å². The molecule has 0 saturated heterocycles. The van der Waals surface area contributed by atoms with Crippen molar-refractivity contribution < 1.29 is 9.84 Å². The van der Waals surface area contributed by atoms with Crippen molar-refractivity contribution in [3.8, 4) is 11.5 Å².